The summed E-state index contributed by atoms with van der Waals surface area (Å²) in [6.07, 6.45) is 3.30. The molecular formula is C15H20ClFN2O3S. The van der Waals surface area contributed by atoms with E-state index >= 15 is 0 Å². The molecule has 5 nitrogen and oxygen atoms in total. The third-order valence-electron chi connectivity index (χ3n) is 4.61. The number of rotatable bonds is 2. The van der Waals surface area contributed by atoms with Crippen LogP contribution in [0.4, 0.5) is 10.1 Å². The van der Waals surface area contributed by atoms with Crippen LogP contribution in [0.5, 0.6) is 0 Å². The van der Waals surface area contributed by atoms with Gasteiger partial charge in [-0.15, -0.1) is 12.4 Å². The average Bonchev–Trinajstić information content (AvgIpc) is 2.74. The van der Waals surface area contributed by atoms with E-state index in [0.29, 0.717) is 18.7 Å². The van der Waals surface area contributed by atoms with Crippen molar-refractivity contribution in [3.63, 3.8) is 0 Å². The molecule has 1 N–H and O–H groups in total. The van der Waals surface area contributed by atoms with Crippen molar-refractivity contribution in [1.82, 2.24) is 5.32 Å². The Morgan fingerprint density at radius 3 is 2.48 bits per heavy atom. The SMILES string of the molecule is CS(=O)(=O)c1ccc(N2CC3(CCNCC3)CC2=O)cc1F.Cl. The Balaban J connectivity index is 0.00000192. The lowest BCUT2D eigenvalue weighted by Gasteiger charge is -2.33. The van der Waals surface area contributed by atoms with Gasteiger partial charge in [0.15, 0.2) is 9.84 Å². The lowest BCUT2D eigenvalue weighted by atomic mass is 9.78. The van der Waals surface area contributed by atoms with Gasteiger partial charge in [0.25, 0.3) is 0 Å². The molecule has 0 bridgehead atoms. The highest BCUT2D eigenvalue weighted by molar-refractivity contribution is 7.90. The van der Waals surface area contributed by atoms with Gasteiger partial charge in [0, 0.05) is 24.9 Å². The number of carbonyl (C=O) groups is 1. The molecule has 2 aliphatic rings. The van der Waals surface area contributed by atoms with Crippen molar-refractivity contribution < 1.29 is 17.6 Å². The van der Waals surface area contributed by atoms with E-state index in [9.17, 15) is 17.6 Å². The largest absolute Gasteiger partial charge is 0.317 e. The van der Waals surface area contributed by atoms with Gasteiger partial charge in [0.2, 0.25) is 5.91 Å². The van der Waals surface area contributed by atoms with Gasteiger partial charge in [-0.05, 0) is 49.5 Å². The molecule has 3 rings (SSSR count). The maximum atomic E-state index is 14.0. The summed E-state index contributed by atoms with van der Waals surface area (Å²) in [5.74, 6) is -0.826. The lowest BCUT2D eigenvalue weighted by Crippen LogP contribution is -2.38. The third-order valence-corrected chi connectivity index (χ3v) is 5.74. The van der Waals surface area contributed by atoms with E-state index in [4.69, 9.17) is 0 Å². The minimum absolute atomic E-state index is 0. The van der Waals surface area contributed by atoms with Crippen LogP contribution in [-0.4, -0.2) is 40.2 Å². The number of piperidine rings is 1. The number of amides is 1. The molecule has 1 aromatic rings. The maximum absolute atomic E-state index is 14.0. The predicted octanol–water partition coefficient (Wildman–Crippen LogP) is 1.76. The molecule has 0 atom stereocenters. The molecule has 0 radical (unpaired) electrons. The normalized spacial score (nSPS) is 20.6. The zero-order chi connectivity index (χ0) is 16.0. The first-order valence-electron chi connectivity index (χ1n) is 7.32. The first-order chi connectivity index (χ1) is 10.3. The van der Waals surface area contributed by atoms with E-state index in [1.54, 1.807) is 4.90 Å². The van der Waals surface area contributed by atoms with Gasteiger partial charge in [-0.2, -0.15) is 0 Å². The number of benzene rings is 1. The van der Waals surface area contributed by atoms with Crippen molar-refractivity contribution in [3.8, 4) is 0 Å². The molecule has 23 heavy (non-hydrogen) atoms. The fourth-order valence-corrected chi connectivity index (χ4v) is 4.11. The second-order valence-corrected chi connectivity index (χ2v) is 8.28. The van der Waals surface area contributed by atoms with Gasteiger partial charge in [-0.1, -0.05) is 0 Å². The number of hydrogen-bond acceptors (Lipinski definition) is 4. The van der Waals surface area contributed by atoms with Crippen LogP contribution in [0.25, 0.3) is 0 Å². The second kappa shape index (κ2) is 6.37. The van der Waals surface area contributed by atoms with Gasteiger partial charge in [-0.25, -0.2) is 12.8 Å². The van der Waals surface area contributed by atoms with Crippen LogP contribution < -0.4 is 10.2 Å². The maximum Gasteiger partial charge on any atom is 0.227 e. The molecule has 0 aromatic heterocycles. The average molecular weight is 363 g/mol. The number of halogens is 2. The summed E-state index contributed by atoms with van der Waals surface area (Å²) < 4.78 is 37.0. The number of hydrogen-bond donors (Lipinski definition) is 1. The highest BCUT2D eigenvalue weighted by Crippen LogP contribution is 2.41. The Kier molecular flexibility index (Phi) is 5.03. The van der Waals surface area contributed by atoms with E-state index in [1.807, 2.05) is 0 Å². The Morgan fingerprint density at radius 1 is 1.26 bits per heavy atom. The van der Waals surface area contributed by atoms with Gasteiger partial charge < -0.3 is 10.2 Å². The summed E-state index contributed by atoms with van der Waals surface area (Å²) >= 11 is 0. The van der Waals surface area contributed by atoms with E-state index < -0.39 is 15.7 Å². The second-order valence-electron chi connectivity index (χ2n) is 6.29. The van der Waals surface area contributed by atoms with Crippen molar-refractivity contribution in [3.05, 3.63) is 24.0 Å². The van der Waals surface area contributed by atoms with Crippen molar-refractivity contribution >= 4 is 33.8 Å². The molecule has 2 heterocycles. The summed E-state index contributed by atoms with van der Waals surface area (Å²) in [6.45, 7) is 2.36. The van der Waals surface area contributed by atoms with Gasteiger partial charge in [-0.3, -0.25) is 4.79 Å². The zero-order valence-corrected chi connectivity index (χ0v) is 14.5. The lowest BCUT2D eigenvalue weighted by molar-refractivity contribution is -0.117. The van der Waals surface area contributed by atoms with Crippen LogP contribution in [0.15, 0.2) is 23.1 Å². The number of sulfone groups is 1. The van der Waals surface area contributed by atoms with Crippen molar-refractivity contribution in [2.75, 3.05) is 30.8 Å². The first-order valence-corrected chi connectivity index (χ1v) is 9.21. The van der Waals surface area contributed by atoms with E-state index in [1.165, 1.54) is 12.1 Å². The smallest absolute Gasteiger partial charge is 0.227 e. The van der Waals surface area contributed by atoms with Gasteiger partial charge in [0.1, 0.15) is 10.7 Å². The van der Waals surface area contributed by atoms with Crippen molar-refractivity contribution in [2.45, 2.75) is 24.2 Å². The first kappa shape index (κ1) is 18.2. The molecule has 0 saturated carbocycles. The Labute approximate surface area is 141 Å². The van der Waals surface area contributed by atoms with Crippen LogP contribution in [0.3, 0.4) is 0 Å². The van der Waals surface area contributed by atoms with Crippen molar-refractivity contribution in [2.24, 2.45) is 5.41 Å². The summed E-state index contributed by atoms with van der Waals surface area (Å²) in [7, 11) is -3.60. The van der Waals surface area contributed by atoms with Crippen LogP contribution in [0, 0.1) is 11.2 Å². The summed E-state index contributed by atoms with van der Waals surface area (Å²) in [6, 6.07) is 3.90. The molecule has 8 heteroatoms. The molecule has 2 aliphatic heterocycles. The monoisotopic (exact) mass is 362 g/mol. The Morgan fingerprint density at radius 2 is 1.91 bits per heavy atom. The standard InChI is InChI=1S/C15H19FN2O3S.ClH/c1-22(20,21)13-3-2-11(8-12(13)16)18-10-15(9-14(18)19)4-6-17-7-5-15;/h2-3,8,17H,4-7,9-10H2,1H3;1H. The van der Waals surface area contributed by atoms with Crippen LogP contribution in [-0.2, 0) is 14.6 Å². The quantitative estimate of drug-likeness (QED) is 0.870. The molecule has 1 amide bonds. The molecule has 0 aliphatic carbocycles. The van der Waals surface area contributed by atoms with Crippen molar-refractivity contribution in [1.29, 1.82) is 0 Å². The minimum Gasteiger partial charge on any atom is -0.317 e. The Hall–Kier alpha value is -1.18. The molecule has 2 fully saturated rings. The van der Waals surface area contributed by atoms with Crippen LogP contribution in [0.2, 0.25) is 0 Å². The Bertz CT molecular complexity index is 717. The molecular weight excluding hydrogens is 343 g/mol. The van der Waals surface area contributed by atoms with Crippen LogP contribution in [0.1, 0.15) is 19.3 Å². The third kappa shape index (κ3) is 3.51. The predicted molar refractivity (Wildman–Crippen MR) is 88.3 cm³/mol. The molecule has 1 spiro atoms. The highest BCUT2D eigenvalue weighted by atomic mass is 35.5. The fourth-order valence-electron chi connectivity index (χ4n) is 3.38. The van der Waals surface area contributed by atoms with Gasteiger partial charge in [0.05, 0.1) is 0 Å². The number of nitrogens with zero attached hydrogens (tertiary/aromatic N) is 1. The minimum atomic E-state index is -3.60. The number of carbonyl (C=O) groups excluding carboxylic acids is 1. The zero-order valence-electron chi connectivity index (χ0n) is 12.8. The van der Waals surface area contributed by atoms with Gasteiger partial charge >= 0.3 is 0 Å². The number of anilines is 1. The van der Waals surface area contributed by atoms with E-state index in [-0.39, 0.29) is 28.6 Å². The molecule has 2 saturated heterocycles. The highest BCUT2D eigenvalue weighted by Gasteiger charge is 2.44. The fraction of sp³-hybridized carbons (Fsp3) is 0.533. The molecule has 1 aromatic carbocycles. The van der Waals surface area contributed by atoms with E-state index in [2.05, 4.69) is 5.32 Å². The van der Waals surface area contributed by atoms with Crippen LogP contribution >= 0.6 is 12.4 Å². The molecule has 0 unspecified atom stereocenters. The van der Waals surface area contributed by atoms with E-state index in [0.717, 1.165) is 38.3 Å². The summed E-state index contributed by atoms with van der Waals surface area (Å²) in [4.78, 5) is 13.6. The number of nitrogens with one attached hydrogen (secondary N) is 1. The summed E-state index contributed by atoms with van der Waals surface area (Å²) in [5, 5.41) is 3.28. The molecule has 128 valence electrons. The topological polar surface area (TPSA) is 66.5 Å². The summed E-state index contributed by atoms with van der Waals surface area (Å²) in [5.41, 5.74) is 0.402.